The number of aryl methyl sites for hydroxylation is 1. The number of aromatic nitrogens is 4. The van der Waals surface area contributed by atoms with Crippen molar-refractivity contribution in [2.45, 2.75) is 38.9 Å². The third-order valence-electron chi connectivity index (χ3n) is 5.99. The molecule has 1 fully saturated rings. The number of nitrogens with one attached hydrogen (secondary N) is 1. The van der Waals surface area contributed by atoms with Crippen LogP contribution in [0, 0.1) is 23.2 Å². The number of benzene rings is 1. The summed E-state index contributed by atoms with van der Waals surface area (Å²) < 4.78 is 3.82. The molecule has 3 N–H and O–H groups in total. The number of para-hydroxylation sites is 1. The van der Waals surface area contributed by atoms with Gasteiger partial charge in [0.2, 0.25) is 11.9 Å². The van der Waals surface area contributed by atoms with Gasteiger partial charge >= 0.3 is 5.69 Å². The maximum Gasteiger partial charge on any atom is 0.332 e. The van der Waals surface area contributed by atoms with Crippen molar-refractivity contribution in [1.82, 2.24) is 18.7 Å². The van der Waals surface area contributed by atoms with Crippen LogP contribution in [-0.2, 0) is 24.9 Å². The van der Waals surface area contributed by atoms with E-state index in [0.717, 1.165) is 24.0 Å². The molecule has 1 atom stereocenters. The first-order chi connectivity index (χ1) is 16.8. The summed E-state index contributed by atoms with van der Waals surface area (Å²) >= 11 is 0. The van der Waals surface area contributed by atoms with Gasteiger partial charge in [0.15, 0.2) is 11.2 Å². The third kappa shape index (κ3) is 4.54. The molecule has 0 spiro atoms. The highest BCUT2D eigenvalue weighted by Gasteiger charge is 2.26. The van der Waals surface area contributed by atoms with Gasteiger partial charge < -0.3 is 16.0 Å². The average Bonchev–Trinajstić information content (AvgIpc) is 3.24. The van der Waals surface area contributed by atoms with Crippen LogP contribution in [0.2, 0.25) is 0 Å². The molecule has 11 heteroatoms. The van der Waals surface area contributed by atoms with Crippen molar-refractivity contribution in [3.63, 3.8) is 0 Å². The number of piperidine rings is 1. The zero-order chi connectivity index (χ0) is 25.1. The summed E-state index contributed by atoms with van der Waals surface area (Å²) in [6.07, 6.45) is 1.79. The fourth-order valence-electron chi connectivity index (χ4n) is 4.26. The second-order valence-electron chi connectivity index (χ2n) is 8.38. The lowest BCUT2D eigenvalue weighted by atomic mass is 10.1. The van der Waals surface area contributed by atoms with Crippen LogP contribution >= 0.6 is 0 Å². The Kier molecular flexibility index (Phi) is 6.71. The Morgan fingerprint density at radius 2 is 2.06 bits per heavy atom. The zero-order valence-corrected chi connectivity index (χ0v) is 19.6. The van der Waals surface area contributed by atoms with Gasteiger partial charge in [-0.3, -0.25) is 18.7 Å². The molecule has 0 radical (unpaired) electrons. The van der Waals surface area contributed by atoms with Crippen molar-refractivity contribution in [2.24, 2.45) is 12.8 Å². The van der Waals surface area contributed by atoms with Crippen molar-refractivity contribution >= 4 is 28.7 Å². The van der Waals surface area contributed by atoms with Crippen LogP contribution < -0.4 is 27.2 Å². The third-order valence-corrected chi connectivity index (χ3v) is 5.99. The summed E-state index contributed by atoms with van der Waals surface area (Å²) in [7, 11) is 1.51. The maximum atomic E-state index is 13.5. The molecule has 1 aliphatic rings. The van der Waals surface area contributed by atoms with Gasteiger partial charge in [-0.25, -0.2) is 9.36 Å². The number of nitriles is 1. The van der Waals surface area contributed by atoms with E-state index in [9.17, 15) is 19.6 Å². The largest absolute Gasteiger partial charge is 0.341 e. The van der Waals surface area contributed by atoms with Crippen LogP contribution in [0.1, 0.15) is 25.3 Å². The first kappa shape index (κ1) is 23.8. The van der Waals surface area contributed by atoms with E-state index >= 15 is 0 Å². The lowest BCUT2D eigenvalue weighted by Crippen LogP contribution is -2.44. The highest BCUT2D eigenvalue weighted by atomic mass is 16.2. The van der Waals surface area contributed by atoms with Crippen LogP contribution in [0.3, 0.4) is 0 Å². The molecule has 0 aliphatic carbocycles. The Morgan fingerprint density at radius 3 is 2.77 bits per heavy atom. The minimum atomic E-state index is -0.667. The molecule has 35 heavy (non-hydrogen) atoms. The van der Waals surface area contributed by atoms with Crippen molar-refractivity contribution in [2.75, 3.05) is 23.3 Å². The number of anilines is 2. The van der Waals surface area contributed by atoms with Crippen molar-refractivity contribution in [3.8, 4) is 17.9 Å². The van der Waals surface area contributed by atoms with Gasteiger partial charge in [0.25, 0.3) is 5.56 Å². The van der Waals surface area contributed by atoms with Crippen LogP contribution in [0.15, 0.2) is 33.9 Å². The number of amides is 1. The Bertz CT molecular complexity index is 1510. The summed E-state index contributed by atoms with van der Waals surface area (Å²) in [5.74, 6) is 5.72. The molecule has 2 aromatic heterocycles. The molecule has 1 aliphatic heterocycles. The fraction of sp³-hybridized carbons (Fsp3) is 0.375. The highest BCUT2D eigenvalue weighted by Crippen LogP contribution is 2.22. The van der Waals surface area contributed by atoms with Crippen molar-refractivity contribution in [1.29, 1.82) is 5.26 Å². The second kappa shape index (κ2) is 9.87. The van der Waals surface area contributed by atoms with Gasteiger partial charge in [-0.15, -0.1) is 5.92 Å². The normalized spacial score (nSPS) is 15.4. The van der Waals surface area contributed by atoms with Gasteiger partial charge in [0, 0.05) is 26.2 Å². The van der Waals surface area contributed by atoms with E-state index in [2.05, 4.69) is 22.1 Å². The SMILES string of the molecule is CC#CCn1c(N2CCCC(N)C2)nc2c1c(=O)n(CC(=O)Nc1ccccc1C#N)c(=O)n2C. The quantitative estimate of drug-likeness (QED) is 0.508. The molecule has 180 valence electrons. The second-order valence-corrected chi connectivity index (χ2v) is 8.38. The van der Waals surface area contributed by atoms with E-state index in [1.54, 1.807) is 35.8 Å². The summed E-state index contributed by atoms with van der Waals surface area (Å²) in [4.78, 5) is 46.0. The number of fused-ring (bicyclic) bond motifs is 1. The van der Waals surface area contributed by atoms with Crippen molar-refractivity contribution < 1.29 is 4.79 Å². The molecule has 1 aromatic carbocycles. The lowest BCUT2D eigenvalue weighted by Gasteiger charge is -2.31. The summed E-state index contributed by atoms with van der Waals surface area (Å²) in [6.45, 7) is 2.68. The molecule has 0 bridgehead atoms. The molecule has 1 amide bonds. The molecule has 3 aromatic rings. The Morgan fingerprint density at radius 1 is 1.29 bits per heavy atom. The van der Waals surface area contributed by atoms with E-state index in [0.29, 0.717) is 18.2 Å². The van der Waals surface area contributed by atoms with Gasteiger partial charge in [-0.05, 0) is 31.9 Å². The molecular weight excluding hydrogens is 448 g/mol. The van der Waals surface area contributed by atoms with Crippen LogP contribution in [0.25, 0.3) is 11.2 Å². The number of hydrogen-bond acceptors (Lipinski definition) is 7. The number of carbonyl (C=O) groups is 1. The maximum absolute atomic E-state index is 13.5. The van der Waals surface area contributed by atoms with Crippen LogP contribution in [0.5, 0.6) is 0 Å². The molecule has 1 unspecified atom stereocenters. The molecule has 4 rings (SSSR count). The van der Waals surface area contributed by atoms with Crippen LogP contribution in [0.4, 0.5) is 11.6 Å². The number of nitrogens with zero attached hydrogens (tertiary/aromatic N) is 6. The Labute approximate surface area is 201 Å². The first-order valence-corrected chi connectivity index (χ1v) is 11.2. The summed E-state index contributed by atoms with van der Waals surface area (Å²) in [5, 5.41) is 11.9. The topological polar surface area (TPSA) is 144 Å². The number of imidazole rings is 1. The highest BCUT2D eigenvalue weighted by molar-refractivity contribution is 5.92. The minimum Gasteiger partial charge on any atom is -0.341 e. The molecule has 1 saturated heterocycles. The molecule has 11 nitrogen and oxygen atoms in total. The van der Waals surface area contributed by atoms with Gasteiger partial charge in [0.05, 0.1) is 17.8 Å². The lowest BCUT2D eigenvalue weighted by molar-refractivity contribution is -0.116. The van der Waals surface area contributed by atoms with E-state index in [1.165, 1.54) is 11.6 Å². The smallest absolute Gasteiger partial charge is 0.332 e. The van der Waals surface area contributed by atoms with Crippen LogP contribution in [-0.4, -0.2) is 43.7 Å². The number of carbonyl (C=O) groups excluding carboxylic acids is 1. The average molecular weight is 475 g/mol. The standard InChI is InChI=1S/C24H26N8O3/c1-3-4-12-31-20-21(28-23(31)30-11-7-9-17(26)14-30)29(2)24(35)32(22(20)34)15-19(33)27-18-10-6-5-8-16(18)13-25/h5-6,8,10,17H,7,9,11-12,14-15,26H2,1-2H3,(H,27,33). The predicted molar refractivity (Wildman–Crippen MR) is 132 cm³/mol. The number of rotatable bonds is 5. The fourth-order valence-corrected chi connectivity index (χ4v) is 4.26. The number of nitrogens with two attached hydrogens (primary N) is 1. The molecule has 0 saturated carbocycles. The van der Waals surface area contributed by atoms with E-state index < -0.39 is 23.7 Å². The van der Waals surface area contributed by atoms with E-state index in [-0.39, 0.29) is 29.3 Å². The summed E-state index contributed by atoms with van der Waals surface area (Å²) in [5.41, 5.74) is 5.85. The Hall–Kier alpha value is -4.35. The monoisotopic (exact) mass is 474 g/mol. The van der Waals surface area contributed by atoms with Gasteiger partial charge in [-0.2, -0.15) is 10.2 Å². The summed E-state index contributed by atoms with van der Waals surface area (Å²) in [6, 6.07) is 8.47. The van der Waals surface area contributed by atoms with E-state index in [4.69, 9.17) is 5.73 Å². The Balaban J connectivity index is 1.80. The zero-order valence-electron chi connectivity index (χ0n) is 19.6. The van der Waals surface area contributed by atoms with Gasteiger partial charge in [-0.1, -0.05) is 18.1 Å². The number of hydrogen-bond donors (Lipinski definition) is 2. The first-order valence-electron chi connectivity index (χ1n) is 11.2. The minimum absolute atomic E-state index is 0.0188. The van der Waals surface area contributed by atoms with Crippen molar-refractivity contribution in [3.05, 3.63) is 50.7 Å². The van der Waals surface area contributed by atoms with E-state index in [1.807, 2.05) is 11.0 Å². The molecule has 3 heterocycles. The molecular formula is C24H26N8O3. The predicted octanol–water partition coefficient (Wildman–Crippen LogP) is 0.358. The van der Waals surface area contributed by atoms with Gasteiger partial charge in [0.1, 0.15) is 12.6 Å².